The van der Waals surface area contributed by atoms with Gasteiger partial charge >= 0.3 is 0 Å². The number of hydrogen-bond donors (Lipinski definition) is 2. The van der Waals surface area contributed by atoms with E-state index in [4.69, 9.17) is 16.7 Å². The summed E-state index contributed by atoms with van der Waals surface area (Å²) >= 11 is 5.79. The first-order chi connectivity index (χ1) is 7.99. The molecule has 1 aromatic rings. The molecule has 1 unspecified atom stereocenters. The van der Waals surface area contributed by atoms with Gasteiger partial charge in [0.25, 0.3) is 0 Å². The van der Waals surface area contributed by atoms with Crippen molar-refractivity contribution in [2.45, 2.75) is 38.8 Å². The highest BCUT2D eigenvalue weighted by Gasteiger charge is 2.10. The first-order valence-electron chi connectivity index (χ1n) is 5.72. The topological polar surface area (TPSA) is 49.3 Å². The maximum atomic E-state index is 11.5. The van der Waals surface area contributed by atoms with Crippen LogP contribution in [0.2, 0.25) is 5.02 Å². The van der Waals surface area contributed by atoms with Crippen LogP contribution in [0, 0.1) is 0 Å². The van der Waals surface area contributed by atoms with Gasteiger partial charge in [-0.15, -0.1) is 0 Å². The second kappa shape index (κ2) is 6.62. The Labute approximate surface area is 107 Å². The molecule has 0 spiro atoms. The lowest BCUT2D eigenvalue weighted by Crippen LogP contribution is -2.27. The molecule has 1 amide bonds. The van der Waals surface area contributed by atoms with Gasteiger partial charge < -0.3 is 10.4 Å². The van der Waals surface area contributed by atoms with Gasteiger partial charge in [-0.05, 0) is 38.0 Å². The molecule has 94 valence electrons. The van der Waals surface area contributed by atoms with Gasteiger partial charge in [0, 0.05) is 11.4 Å². The van der Waals surface area contributed by atoms with Gasteiger partial charge in [0.2, 0.25) is 5.91 Å². The Hall–Kier alpha value is -1.06. The van der Waals surface area contributed by atoms with E-state index in [1.807, 2.05) is 19.1 Å². The molecular formula is C13H18ClNO2. The lowest BCUT2D eigenvalue weighted by atomic mass is 10.1. The monoisotopic (exact) mass is 255 g/mol. The van der Waals surface area contributed by atoms with Crippen LogP contribution < -0.4 is 5.32 Å². The molecule has 2 N–H and O–H groups in total. The fourth-order valence-electron chi connectivity index (χ4n) is 1.49. The van der Waals surface area contributed by atoms with Crippen molar-refractivity contribution in [3.63, 3.8) is 0 Å². The van der Waals surface area contributed by atoms with Crippen LogP contribution in [0.1, 0.15) is 38.3 Å². The molecular weight excluding hydrogens is 238 g/mol. The number of hydrogen-bond acceptors (Lipinski definition) is 2. The van der Waals surface area contributed by atoms with Crippen molar-refractivity contribution < 1.29 is 9.90 Å². The van der Waals surface area contributed by atoms with Crippen molar-refractivity contribution in [3.8, 4) is 0 Å². The van der Waals surface area contributed by atoms with Gasteiger partial charge in [-0.1, -0.05) is 23.7 Å². The van der Waals surface area contributed by atoms with Gasteiger partial charge in [-0.2, -0.15) is 0 Å². The van der Waals surface area contributed by atoms with E-state index in [1.165, 1.54) is 0 Å². The van der Waals surface area contributed by atoms with E-state index in [2.05, 4.69) is 5.32 Å². The Morgan fingerprint density at radius 2 is 1.94 bits per heavy atom. The first-order valence-corrected chi connectivity index (χ1v) is 6.09. The molecule has 1 rings (SSSR count). The average Bonchev–Trinajstić information content (AvgIpc) is 2.27. The van der Waals surface area contributed by atoms with Crippen LogP contribution in [-0.2, 0) is 4.79 Å². The highest BCUT2D eigenvalue weighted by atomic mass is 35.5. The van der Waals surface area contributed by atoms with E-state index >= 15 is 0 Å². The van der Waals surface area contributed by atoms with E-state index in [-0.39, 0.29) is 11.9 Å². The van der Waals surface area contributed by atoms with Crippen molar-refractivity contribution in [2.75, 3.05) is 0 Å². The zero-order chi connectivity index (χ0) is 12.8. The summed E-state index contributed by atoms with van der Waals surface area (Å²) in [6, 6.07) is 7.34. The summed E-state index contributed by atoms with van der Waals surface area (Å²) in [4.78, 5) is 11.5. The highest BCUT2D eigenvalue weighted by Crippen LogP contribution is 2.16. The van der Waals surface area contributed by atoms with Gasteiger partial charge in [0.05, 0.1) is 12.1 Å². The summed E-state index contributed by atoms with van der Waals surface area (Å²) in [7, 11) is 0. The Morgan fingerprint density at radius 1 is 1.35 bits per heavy atom. The minimum atomic E-state index is -0.438. The van der Waals surface area contributed by atoms with E-state index in [0.29, 0.717) is 17.9 Å². The minimum Gasteiger partial charge on any atom is -0.393 e. The molecule has 0 aliphatic carbocycles. The third kappa shape index (κ3) is 5.20. The molecule has 1 aromatic carbocycles. The van der Waals surface area contributed by atoms with Crippen LogP contribution >= 0.6 is 11.6 Å². The largest absolute Gasteiger partial charge is 0.393 e. The van der Waals surface area contributed by atoms with E-state index in [0.717, 1.165) is 5.56 Å². The third-order valence-corrected chi connectivity index (χ3v) is 2.79. The summed E-state index contributed by atoms with van der Waals surface area (Å²) in [6.07, 6.45) is 0.390. The number of nitrogens with one attached hydrogen (secondary N) is 1. The van der Waals surface area contributed by atoms with E-state index < -0.39 is 6.10 Å². The van der Waals surface area contributed by atoms with Crippen LogP contribution in [0.5, 0.6) is 0 Å². The van der Waals surface area contributed by atoms with Crippen LogP contribution in [0.3, 0.4) is 0 Å². The van der Waals surface area contributed by atoms with E-state index in [9.17, 15) is 4.79 Å². The summed E-state index contributed by atoms with van der Waals surface area (Å²) < 4.78 is 0. The summed E-state index contributed by atoms with van der Waals surface area (Å²) in [5.74, 6) is -0.0478. The average molecular weight is 256 g/mol. The molecule has 3 nitrogen and oxygen atoms in total. The SMILES string of the molecule is CC(O)CCC(=O)N[C@H](C)c1ccc(Cl)cc1. The number of halogens is 1. The zero-order valence-corrected chi connectivity index (χ0v) is 10.9. The Morgan fingerprint density at radius 3 is 2.47 bits per heavy atom. The predicted octanol–water partition coefficient (Wildman–Crippen LogP) is 2.68. The lowest BCUT2D eigenvalue weighted by molar-refractivity contribution is -0.122. The molecule has 0 saturated heterocycles. The molecule has 0 heterocycles. The van der Waals surface area contributed by atoms with Crippen molar-refractivity contribution in [1.82, 2.24) is 5.32 Å². The first kappa shape index (κ1) is 14.0. The molecule has 0 aliphatic heterocycles. The van der Waals surface area contributed by atoms with Gasteiger partial charge in [0.15, 0.2) is 0 Å². The number of rotatable bonds is 5. The molecule has 17 heavy (non-hydrogen) atoms. The third-order valence-electron chi connectivity index (χ3n) is 2.54. The quantitative estimate of drug-likeness (QED) is 0.850. The maximum Gasteiger partial charge on any atom is 0.220 e. The van der Waals surface area contributed by atoms with Crippen molar-refractivity contribution in [2.24, 2.45) is 0 Å². The molecule has 0 bridgehead atoms. The Bertz CT molecular complexity index is 362. The van der Waals surface area contributed by atoms with Crippen LogP contribution in [0.25, 0.3) is 0 Å². The van der Waals surface area contributed by atoms with Gasteiger partial charge in [0.1, 0.15) is 0 Å². The predicted molar refractivity (Wildman–Crippen MR) is 68.9 cm³/mol. The van der Waals surface area contributed by atoms with Crippen LogP contribution in [0.15, 0.2) is 24.3 Å². The van der Waals surface area contributed by atoms with Crippen molar-refractivity contribution in [3.05, 3.63) is 34.9 Å². The second-order valence-electron chi connectivity index (χ2n) is 4.23. The van der Waals surface area contributed by atoms with Crippen molar-refractivity contribution in [1.29, 1.82) is 0 Å². The van der Waals surface area contributed by atoms with E-state index in [1.54, 1.807) is 19.1 Å². The number of aliphatic hydroxyl groups excluding tert-OH is 1. The molecule has 4 heteroatoms. The number of carbonyl (C=O) groups excluding carboxylic acids is 1. The maximum absolute atomic E-state index is 11.5. The number of carbonyl (C=O) groups is 1. The zero-order valence-electron chi connectivity index (χ0n) is 10.1. The number of aliphatic hydroxyl groups is 1. The normalized spacial score (nSPS) is 14.1. The second-order valence-corrected chi connectivity index (χ2v) is 4.66. The van der Waals surface area contributed by atoms with Crippen LogP contribution in [0.4, 0.5) is 0 Å². The fraction of sp³-hybridized carbons (Fsp3) is 0.462. The molecule has 0 fully saturated rings. The minimum absolute atomic E-state index is 0.0474. The molecule has 2 atom stereocenters. The van der Waals surface area contributed by atoms with Gasteiger partial charge in [-0.3, -0.25) is 4.79 Å². The fourth-order valence-corrected chi connectivity index (χ4v) is 1.61. The van der Waals surface area contributed by atoms with Crippen LogP contribution in [-0.4, -0.2) is 17.1 Å². The molecule has 0 aromatic heterocycles. The molecule has 0 saturated carbocycles. The molecule has 0 radical (unpaired) electrons. The van der Waals surface area contributed by atoms with Gasteiger partial charge in [-0.25, -0.2) is 0 Å². The summed E-state index contributed by atoms with van der Waals surface area (Å²) in [5.41, 5.74) is 1.01. The smallest absolute Gasteiger partial charge is 0.220 e. The van der Waals surface area contributed by atoms with Crippen molar-refractivity contribution >= 4 is 17.5 Å². The highest BCUT2D eigenvalue weighted by molar-refractivity contribution is 6.30. The lowest BCUT2D eigenvalue weighted by Gasteiger charge is -2.14. The Kier molecular flexibility index (Phi) is 5.45. The summed E-state index contributed by atoms with van der Waals surface area (Å²) in [5, 5.41) is 12.6. The molecule has 0 aliphatic rings. The summed E-state index contributed by atoms with van der Waals surface area (Å²) in [6.45, 7) is 3.60. The standard InChI is InChI=1S/C13H18ClNO2/c1-9(16)3-8-13(17)15-10(2)11-4-6-12(14)7-5-11/h4-7,9-10,16H,3,8H2,1-2H3,(H,15,17)/t9?,10-/m1/s1. The number of benzene rings is 1. The Balaban J connectivity index is 2.46. The number of amides is 1.